The lowest BCUT2D eigenvalue weighted by Crippen LogP contribution is -2.25. The molecule has 0 saturated carbocycles. The molecule has 30 heavy (non-hydrogen) atoms. The number of nitrogens with zero attached hydrogens (tertiary/aromatic N) is 2. The van der Waals surface area contributed by atoms with Crippen LogP contribution in [-0.4, -0.2) is 33.8 Å². The molecule has 6 heteroatoms. The summed E-state index contributed by atoms with van der Waals surface area (Å²) in [5.41, 5.74) is 4.35. The van der Waals surface area contributed by atoms with Crippen LogP contribution in [-0.2, 0) is 6.54 Å². The van der Waals surface area contributed by atoms with E-state index in [2.05, 4.69) is 11.2 Å². The Labute approximate surface area is 174 Å². The molecule has 0 fully saturated rings. The van der Waals surface area contributed by atoms with Gasteiger partial charge in [-0.1, -0.05) is 24.1 Å². The predicted molar refractivity (Wildman–Crippen MR) is 119 cm³/mol. The normalized spacial score (nSPS) is 12.1. The van der Waals surface area contributed by atoms with E-state index in [1.165, 1.54) is 0 Å². The number of benzene rings is 2. The summed E-state index contributed by atoms with van der Waals surface area (Å²) in [7, 11) is 1.61. The van der Waals surface area contributed by atoms with Crippen molar-refractivity contribution >= 4 is 22.4 Å². The van der Waals surface area contributed by atoms with Gasteiger partial charge in [0.1, 0.15) is 11.4 Å². The maximum atomic E-state index is 12.7. The summed E-state index contributed by atoms with van der Waals surface area (Å²) in [6, 6.07) is 16.7. The number of hydrogen-bond donors (Lipinski definition) is 2. The van der Waals surface area contributed by atoms with Crippen LogP contribution in [0.3, 0.4) is 0 Å². The van der Waals surface area contributed by atoms with Gasteiger partial charge in [0, 0.05) is 24.4 Å². The molecule has 4 aromatic rings. The highest BCUT2D eigenvalue weighted by atomic mass is 16.5. The zero-order valence-corrected chi connectivity index (χ0v) is 16.9. The minimum absolute atomic E-state index is 0.138. The van der Waals surface area contributed by atoms with Gasteiger partial charge in [0.05, 0.1) is 36.4 Å². The molecule has 0 radical (unpaired) electrons. The van der Waals surface area contributed by atoms with Crippen molar-refractivity contribution in [1.29, 1.82) is 0 Å². The zero-order valence-electron chi connectivity index (χ0n) is 16.9. The molecule has 152 valence electrons. The summed E-state index contributed by atoms with van der Waals surface area (Å²) < 4.78 is 8.79. The Bertz CT molecular complexity index is 1330. The molecule has 0 bridgehead atoms. The fourth-order valence-corrected chi connectivity index (χ4v) is 3.81. The number of aliphatic hydroxyl groups is 1. The number of aryl methyl sites for hydroxylation is 1. The van der Waals surface area contributed by atoms with Gasteiger partial charge in [-0.15, -0.1) is 6.42 Å². The van der Waals surface area contributed by atoms with Crippen LogP contribution in [0.15, 0.2) is 59.4 Å². The summed E-state index contributed by atoms with van der Waals surface area (Å²) >= 11 is 0. The second kappa shape index (κ2) is 7.97. The first kappa shape index (κ1) is 19.6. The fraction of sp³-hybridized carbons (Fsp3) is 0.208. The number of imidazole rings is 1. The van der Waals surface area contributed by atoms with Crippen molar-refractivity contribution in [3.8, 4) is 18.1 Å². The van der Waals surface area contributed by atoms with Gasteiger partial charge in [-0.25, -0.2) is 0 Å². The number of hydrogen-bond acceptors (Lipinski definition) is 4. The van der Waals surface area contributed by atoms with Crippen LogP contribution in [0.1, 0.15) is 11.1 Å². The first-order chi connectivity index (χ1) is 14.5. The molecule has 2 aromatic carbocycles. The highest BCUT2D eigenvalue weighted by Crippen LogP contribution is 2.24. The fourth-order valence-electron chi connectivity index (χ4n) is 3.81. The quantitative estimate of drug-likeness (QED) is 0.488. The van der Waals surface area contributed by atoms with Gasteiger partial charge in [0.25, 0.3) is 5.56 Å². The van der Waals surface area contributed by atoms with E-state index in [4.69, 9.17) is 11.2 Å². The number of rotatable bonds is 6. The minimum Gasteiger partial charge on any atom is -0.497 e. The number of fused-ring (bicyclic) bond motifs is 3. The summed E-state index contributed by atoms with van der Waals surface area (Å²) in [5.74, 6) is 3.46. The first-order valence-corrected chi connectivity index (χ1v) is 9.69. The van der Waals surface area contributed by atoms with Gasteiger partial charge in [-0.3, -0.25) is 9.20 Å². The number of aromatic nitrogens is 2. The van der Waals surface area contributed by atoms with Crippen molar-refractivity contribution in [3.63, 3.8) is 0 Å². The molecule has 0 amide bonds. The second-order valence-electron chi connectivity index (χ2n) is 7.21. The zero-order chi connectivity index (χ0) is 21.3. The maximum absolute atomic E-state index is 12.7. The highest BCUT2D eigenvalue weighted by Gasteiger charge is 2.18. The minimum atomic E-state index is -0.711. The van der Waals surface area contributed by atoms with Crippen molar-refractivity contribution in [3.05, 3.63) is 76.1 Å². The van der Waals surface area contributed by atoms with E-state index in [0.717, 1.165) is 28.0 Å². The van der Waals surface area contributed by atoms with Gasteiger partial charge < -0.3 is 19.7 Å². The Kier molecular flexibility index (Phi) is 5.21. The molecule has 4 rings (SSSR count). The lowest BCUT2D eigenvalue weighted by atomic mass is 10.1. The molecule has 1 atom stereocenters. The Balaban J connectivity index is 1.72. The third-order valence-corrected chi connectivity index (χ3v) is 5.21. The van der Waals surface area contributed by atoms with Crippen LogP contribution in [0, 0.1) is 19.3 Å². The number of ether oxygens (including phenoxy) is 1. The standard InChI is InChI=1S/C24H23N3O3/c1-4-20-16(2)12-23(29)27-22-11-6-5-10-21(22)26(24(20)27)15-18(28)14-25-17-8-7-9-19(13-17)30-3/h1,5-13,18,25,28H,14-15H2,2-3H3. The first-order valence-electron chi connectivity index (χ1n) is 9.69. The third kappa shape index (κ3) is 3.40. The monoisotopic (exact) mass is 401 g/mol. The number of anilines is 1. The van der Waals surface area contributed by atoms with Gasteiger partial charge in [-0.2, -0.15) is 0 Å². The smallest absolute Gasteiger partial charge is 0.257 e. The van der Waals surface area contributed by atoms with Crippen molar-refractivity contribution in [2.45, 2.75) is 19.6 Å². The predicted octanol–water partition coefficient (Wildman–Crippen LogP) is 3.03. The van der Waals surface area contributed by atoms with E-state index in [0.29, 0.717) is 17.8 Å². The number of nitrogens with one attached hydrogen (secondary N) is 1. The SMILES string of the molecule is C#Cc1c(C)cc(=O)n2c3ccccc3n(CC(O)CNc3cccc(OC)c3)c12. The van der Waals surface area contributed by atoms with Crippen LogP contribution in [0.5, 0.6) is 5.75 Å². The van der Waals surface area contributed by atoms with Gasteiger partial charge in [0.2, 0.25) is 0 Å². The van der Waals surface area contributed by atoms with Crippen molar-refractivity contribution in [2.24, 2.45) is 0 Å². The lowest BCUT2D eigenvalue weighted by Gasteiger charge is -2.16. The topological polar surface area (TPSA) is 67.9 Å². The Hall–Kier alpha value is -3.69. The van der Waals surface area contributed by atoms with E-state index < -0.39 is 6.10 Å². The average molecular weight is 401 g/mol. The van der Waals surface area contributed by atoms with Gasteiger partial charge >= 0.3 is 0 Å². The largest absolute Gasteiger partial charge is 0.497 e. The van der Waals surface area contributed by atoms with Crippen LogP contribution < -0.4 is 15.6 Å². The van der Waals surface area contributed by atoms with Crippen LogP contribution in [0.4, 0.5) is 5.69 Å². The molecule has 0 saturated heterocycles. The van der Waals surface area contributed by atoms with E-state index in [1.807, 2.05) is 60.0 Å². The number of pyridine rings is 1. The highest BCUT2D eigenvalue weighted by molar-refractivity contribution is 5.84. The third-order valence-electron chi connectivity index (χ3n) is 5.21. The van der Waals surface area contributed by atoms with Crippen LogP contribution in [0.25, 0.3) is 16.7 Å². The number of aliphatic hydroxyl groups excluding tert-OH is 1. The summed E-state index contributed by atoms with van der Waals surface area (Å²) in [5, 5.41) is 14.0. The van der Waals surface area contributed by atoms with Crippen LogP contribution >= 0.6 is 0 Å². The molecule has 0 aliphatic heterocycles. The Morgan fingerprint density at radius 3 is 2.67 bits per heavy atom. The van der Waals surface area contributed by atoms with Crippen LogP contribution in [0.2, 0.25) is 0 Å². The molecule has 2 N–H and O–H groups in total. The van der Waals surface area contributed by atoms with Gasteiger partial charge in [0.15, 0.2) is 0 Å². The molecular formula is C24H23N3O3. The summed E-state index contributed by atoms with van der Waals surface area (Å²) in [6.45, 7) is 2.44. The van der Waals surface area contributed by atoms with Crippen molar-refractivity contribution < 1.29 is 9.84 Å². The molecule has 6 nitrogen and oxygen atoms in total. The molecule has 0 spiro atoms. The number of methoxy groups -OCH3 is 1. The van der Waals surface area contributed by atoms with Crippen molar-refractivity contribution in [1.82, 2.24) is 8.97 Å². The van der Waals surface area contributed by atoms with E-state index in [1.54, 1.807) is 17.6 Å². The summed E-state index contributed by atoms with van der Waals surface area (Å²) in [4.78, 5) is 12.7. The second-order valence-corrected chi connectivity index (χ2v) is 7.21. The Morgan fingerprint density at radius 1 is 1.17 bits per heavy atom. The lowest BCUT2D eigenvalue weighted by molar-refractivity contribution is 0.169. The molecule has 0 aliphatic carbocycles. The van der Waals surface area contributed by atoms with Gasteiger partial charge in [-0.05, 0) is 36.8 Å². The van der Waals surface area contributed by atoms with E-state index in [-0.39, 0.29) is 12.1 Å². The molecule has 0 aliphatic rings. The maximum Gasteiger partial charge on any atom is 0.257 e. The van der Waals surface area contributed by atoms with E-state index in [9.17, 15) is 9.90 Å². The molecule has 2 heterocycles. The number of para-hydroxylation sites is 2. The Morgan fingerprint density at radius 2 is 1.93 bits per heavy atom. The van der Waals surface area contributed by atoms with Crippen molar-refractivity contribution in [2.75, 3.05) is 19.0 Å². The van der Waals surface area contributed by atoms with E-state index >= 15 is 0 Å². The molecular weight excluding hydrogens is 378 g/mol. The molecule has 1 unspecified atom stereocenters. The molecule has 2 aromatic heterocycles. The summed E-state index contributed by atoms with van der Waals surface area (Å²) in [6.07, 6.45) is 5.07. The average Bonchev–Trinajstić information content (AvgIpc) is 3.07. The number of terminal acetylenes is 1.